The van der Waals surface area contributed by atoms with Gasteiger partial charge in [-0.3, -0.25) is 0 Å². The molecule has 2 nitrogen and oxygen atoms in total. The molecular weight excluding hydrogens is 160 g/mol. The number of fused-ring (bicyclic) bond motifs is 3. The molecule has 0 unspecified atom stereocenters. The van der Waals surface area contributed by atoms with Gasteiger partial charge in [0.15, 0.2) is 0 Å². The van der Waals surface area contributed by atoms with Crippen LogP contribution in [0.4, 0.5) is 0 Å². The Morgan fingerprint density at radius 2 is 1.92 bits per heavy atom. The average Bonchev–Trinajstić information content (AvgIpc) is 2.65. The molecule has 0 fully saturated rings. The third kappa shape index (κ3) is 0.855. The van der Waals surface area contributed by atoms with Crippen molar-refractivity contribution in [2.75, 3.05) is 0 Å². The van der Waals surface area contributed by atoms with Crippen molar-refractivity contribution in [3.8, 4) is 0 Å². The minimum Gasteiger partial charge on any atom is -0.243 e. The van der Waals surface area contributed by atoms with Crippen molar-refractivity contribution in [1.82, 2.24) is 4.98 Å². The lowest BCUT2D eigenvalue weighted by atomic mass is 10.2. The second-order valence-corrected chi connectivity index (χ2v) is 3.12. The van der Waals surface area contributed by atoms with E-state index < -0.39 is 0 Å². The lowest BCUT2D eigenvalue weighted by Gasteiger charge is -1.93. The zero-order chi connectivity index (χ0) is 8.67. The first kappa shape index (κ1) is 6.66. The van der Waals surface area contributed by atoms with Crippen LogP contribution in [0, 0.1) is 0 Å². The maximum atomic E-state index is 3.23. The average molecular weight is 169 g/mol. The van der Waals surface area contributed by atoms with Crippen molar-refractivity contribution >= 4 is 16.4 Å². The van der Waals surface area contributed by atoms with Gasteiger partial charge in [-0.15, -0.1) is 0 Å². The van der Waals surface area contributed by atoms with Gasteiger partial charge in [0.2, 0.25) is 0 Å². The first-order valence-corrected chi connectivity index (χ1v) is 4.31. The first-order valence-electron chi connectivity index (χ1n) is 4.31. The minimum atomic E-state index is 1.15. The van der Waals surface area contributed by atoms with Crippen LogP contribution < -0.4 is 4.40 Å². The lowest BCUT2D eigenvalue weighted by Crippen LogP contribution is -2.16. The highest BCUT2D eigenvalue weighted by Crippen LogP contribution is 2.14. The Morgan fingerprint density at radius 3 is 2.92 bits per heavy atom. The lowest BCUT2D eigenvalue weighted by molar-refractivity contribution is -0.508. The Balaban J connectivity index is 2.65. The van der Waals surface area contributed by atoms with E-state index in [2.05, 4.69) is 45.9 Å². The highest BCUT2D eigenvalue weighted by Gasteiger charge is 2.05. The van der Waals surface area contributed by atoms with E-state index in [9.17, 15) is 0 Å². The van der Waals surface area contributed by atoms with E-state index >= 15 is 0 Å². The van der Waals surface area contributed by atoms with Crippen molar-refractivity contribution < 1.29 is 4.40 Å². The van der Waals surface area contributed by atoms with E-state index in [0.29, 0.717) is 0 Å². The largest absolute Gasteiger partial charge is 0.291 e. The Hall–Kier alpha value is -1.83. The molecule has 0 spiro atoms. The van der Waals surface area contributed by atoms with Gasteiger partial charge in [-0.05, 0) is 17.5 Å². The topological polar surface area (TPSA) is 19.9 Å². The fraction of sp³-hybridized carbons (Fsp3) is 0. The van der Waals surface area contributed by atoms with Gasteiger partial charge in [-0.25, -0.2) is 9.38 Å². The Bertz CT molecular complexity index is 566. The van der Waals surface area contributed by atoms with Gasteiger partial charge >= 0.3 is 0 Å². The van der Waals surface area contributed by atoms with Gasteiger partial charge in [-0.2, -0.15) is 0 Å². The summed E-state index contributed by atoms with van der Waals surface area (Å²) in [5.74, 6) is 0. The Labute approximate surface area is 75.5 Å². The molecule has 0 atom stereocenters. The molecule has 0 aliphatic rings. The maximum Gasteiger partial charge on any atom is 0.291 e. The summed E-state index contributed by atoms with van der Waals surface area (Å²) in [5.41, 5.74) is 1.15. The van der Waals surface area contributed by atoms with Crippen molar-refractivity contribution in [2.24, 2.45) is 0 Å². The number of H-pyrrole nitrogens is 1. The van der Waals surface area contributed by atoms with E-state index in [4.69, 9.17) is 0 Å². The van der Waals surface area contributed by atoms with Crippen LogP contribution in [0.25, 0.3) is 16.4 Å². The third-order valence-electron chi connectivity index (χ3n) is 2.34. The summed E-state index contributed by atoms with van der Waals surface area (Å²) in [5, 5.41) is 2.53. The summed E-state index contributed by atoms with van der Waals surface area (Å²) < 4.78 is 2.09. The van der Waals surface area contributed by atoms with E-state index in [1.54, 1.807) is 0 Å². The van der Waals surface area contributed by atoms with Crippen molar-refractivity contribution in [2.45, 2.75) is 0 Å². The number of nitrogens with one attached hydrogen (secondary N) is 1. The second kappa shape index (κ2) is 2.33. The summed E-state index contributed by atoms with van der Waals surface area (Å²) in [6.45, 7) is 0. The molecule has 2 heteroatoms. The van der Waals surface area contributed by atoms with Gasteiger partial charge in [0.05, 0.1) is 11.6 Å². The number of pyridine rings is 1. The molecule has 2 heterocycles. The quantitative estimate of drug-likeness (QED) is 0.496. The van der Waals surface area contributed by atoms with Crippen LogP contribution in [-0.4, -0.2) is 4.98 Å². The summed E-state index contributed by atoms with van der Waals surface area (Å²) in [6.07, 6.45) is 6.03. The van der Waals surface area contributed by atoms with Crippen LogP contribution in [0.5, 0.6) is 0 Å². The Kier molecular flexibility index (Phi) is 1.19. The van der Waals surface area contributed by atoms with E-state index in [1.807, 2.05) is 12.4 Å². The predicted molar refractivity (Wildman–Crippen MR) is 51.5 cm³/mol. The van der Waals surface area contributed by atoms with Gasteiger partial charge in [0.25, 0.3) is 5.65 Å². The number of aromatic amines is 1. The normalized spacial score (nSPS) is 11.1. The second-order valence-electron chi connectivity index (χ2n) is 3.12. The summed E-state index contributed by atoms with van der Waals surface area (Å²) in [6, 6.07) is 10.5. The zero-order valence-electron chi connectivity index (χ0n) is 7.07. The van der Waals surface area contributed by atoms with E-state index in [1.165, 1.54) is 10.8 Å². The summed E-state index contributed by atoms with van der Waals surface area (Å²) in [7, 11) is 0. The minimum absolute atomic E-state index is 1.15. The molecule has 13 heavy (non-hydrogen) atoms. The number of aromatic nitrogens is 2. The SMILES string of the molecule is c1ccc2c(c1)cc[n+]1cc[nH]c21. The molecule has 0 aliphatic carbocycles. The van der Waals surface area contributed by atoms with Crippen LogP contribution in [0.2, 0.25) is 0 Å². The molecule has 3 rings (SSSR count). The molecule has 0 saturated carbocycles. The van der Waals surface area contributed by atoms with Gasteiger partial charge in [-0.1, -0.05) is 18.2 Å². The molecule has 62 valence electrons. The van der Waals surface area contributed by atoms with Crippen LogP contribution in [-0.2, 0) is 0 Å². The van der Waals surface area contributed by atoms with Crippen molar-refractivity contribution in [1.29, 1.82) is 0 Å². The number of nitrogens with zero attached hydrogens (tertiary/aromatic N) is 1. The Morgan fingerprint density at radius 1 is 1.00 bits per heavy atom. The van der Waals surface area contributed by atoms with Gasteiger partial charge in [0.1, 0.15) is 12.4 Å². The first-order chi connectivity index (χ1) is 6.45. The van der Waals surface area contributed by atoms with Crippen molar-refractivity contribution in [3.63, 3.8) is 0 Å². The summed E-state index contributed by atoms with van der Waals surface area (Å²) in [4.78, 5) is 3.23. The van der Waals surface area contributed by atoms with Crippen molar-refractivity contribution in [3.05, 3.63) is 48.9 Å². The molecular formula is C11H9N2+. The maximum absolute atomic E-state index is 3.23. The molecule has 0 amide bonds. The molecule has 0 aliphatic heterocycles. The zero-order valence-corrected chi connectivity index (χ0v) is 7.07. The molecule has 1 N–H and O–H groups in total. The van der Waals surface area contributed by atoms with E-state index in [-0.39, 0.29) is 0 Å². The fourth-order valence-electron chi connectivity index (χ4n) is 1.71. The fourth-order valence-corrected chi connectivity index (χ4v) is 1.71. The molecule has 2 aromatic heterocycles. The molecule has 0 bridgehead atoms. The van der Waals surface area contributed by atoms with Crippen LogP contribution in [0.3, 0.4) is 0 Å². The molecule has 0 saturated heterocycles. The highest BCUT2D eigenvalue weighted by molar-refractivity contribution is 5.91. The standard InChI is InChI=1S/C11H8N2/c1-2-4-10-9(3-1)5-7-13-8-6-12-11(10)13/h1-8H/p+1. The number of rotatable bonds is 0. The van der Waals surface area contributed by atoms with Crippen LogP contribution in [0.1, 0.15) is 0 Å². The van der Waals surface area contributed by atoms with Gasteiger partial charge in [0, 0.05) is 0 Å². The smallest absolute Gasteiger partial charge is 0.243 e. The predicted octanol–water partition coefficient (Wildman–Crippen LogP) is 1.91. The van der Waals surface area contributed by atoms with Gasteiger partial charge < -0.3 is 0 Å². The van der Waals surface area contributed by atoms with Crippen LogP contribution in [0.15, 0.2) is 48.9 Å². The number of hydrogen-bond acceptors (Lipinski definition) is 0. The molecule has 0 radical (unpaired) electrons. The summed E-state index contributed by atoms with van der Waals surface area (Å²) >= 11 is 0. The number of imidazole rings is 1. The molecule has 3 aromatic rings. The van der Waals surface area contributed by atoms with Crippen LogP contribution >= 0.6 is 0 Å². The number of hydrogen-bond donors (Lipinski definition) is 1. The monoisotopic (exact) mass is 169 g/mol. The third-order valence-corrected chi connectivity index (χ3v) is 2.34. The number of benzene rings is 1. The molecule has 1 aromatic carbocycles. The highest BCUT2D eigenvalue weighted by atomic mass is 15.0. The van der Waals surface area contributed by atoms with E-state index in [0.717, 1.165) is 5.65 Å².